The van der Waals surface area contributed by atoms with E-state index in [1.54, 1.807) is 6.20 Å². The number of hydrogen-bond donors (Lipinski definition) is 1. The number of fused-ring (bicyclic) bond motifs is 1. The number of aromatic nitrogens is 1. The molecule has 0 amide bonds. The maximum atomic E-state index is 5.47. The first-order chi connectivity index (χ1) is 7.83. The smallest absolute Gasteiger partial charge is 0.208 e. The van der Waals surface area contributed by atoms with Gasteiger partial charge in [0.05, 0.1) is 12.7 Å². The van der Waals surface area contributed by atoms with Gasteiger partial charge in [0.1, 0.15) is 5.76 Å². The highest BCUT2D eigenvalue weighted by Gasteiger charge is 2.36. The van der Waals surface area contributed by atoms with Crippen LogP contribution in [0.1, 0.15) is 30.9 Å². The van der Waals surface area contributed by atoms with Crippen LogP contribution in [0.2, 0.25) is 0 Å². The zero-order chi connectivity index (χ0) is 11.0. The van der Waals surface area contributed by atoms with Crippen molar-refractivity contribution in [1.29, 1.82) is 0 Å². The van der Waals surface area contributed by atoms with Gasteiger partial charge in [-0.2, -0.15) is 0 Å². The molecule has 1 aromatic rings. The fourth-order valence-electron chi connectivity index (χ4n) is 3.02. The first-order valence-electron chi connectivity index (χ1n) is 6.21. The van der Waals surface area contributed by atoms with Crippen LogP contribution in [0.3, 0.4) is 0 Å². The SMILES string of the molecule is Cc1cnc(CNC2CCN3CCCC23)o1. The van der Waals surface area contributed by atoms with Crippen LogP contribution >= 0.6 is 0 Å². The quantitative estimate of drug-likeness (QED) is 0.835. The van der Waals surface area contributed by atoms with Crippen molar-refractivity contribution in [3.05, 3.63) is 17.8 Å². The summed E-state index contributed by atoms with van der Waals surface area (Å²) in [5, 5.41) is 3.58. The molecule has 2 aliphatic heterocycles. The van der Waals surface area contributed by atoms with E-state index in [-0.39, 0.29) is 0 Å². The van der Waals surface area contributed by atoms with E-state index >= 15 is 0 Å². The summed E-state index contributed by atoms with van der Waals surface area (Å²) < 4.78 is 5.47. The van der Waals surface area contributed by atoms with Crippen LogP contribution in [0.5, 0.6) is 0 Å². The van der Waals surface area contributed by atoms with Gasteiger partial charge in [0.25, 0.3) is 0 Å². The molecule has 0 aliphatic carbocycles. The van der Waals surface area contributed by atoms with Crippen LogP contribution in [-0.2, 0) is 6.54 Å². The minimum Gasteiger partial charge on any atom is -0.445 e. The minimum atomic E-state index is 0.634. The number of nitrogens with one attached hydrogen (secondary N) is 1. The molecule has 1 aromatic heterocycles. The van der Waals surface area contributed by atoms with Crippen LogP contribution in [0, 0.1) is 6.92 Å². The van der Waals surface area contributed by atoms with Gasteiger partial charge in [-0.1, -0.05) is 0 Å². The second-order valence-electron chi connectivity index (χ2n) is 4.89. The van der Waals surface area contributed by atoms with E-state index in [9.17, 15) is 0 Å². The number of hydrogen-bond acceptors (Lipinski definition) is 4. The monoisotopic (exact) mass is 221 g/mol. The van der Waals surface area contributed by atoms with E-state index in [2.05, 4.69) is 15.2 Å². The van der Waals surface area contributed by atoms with Crippen molar-refractivity contribution >= 4 is 0 Å². The summed E-state index contributed by atoms with van der Waals surface area (Å²) in [5.74, 6) is 1.71. The molecule has 2 unspecified atom stereocenters. The van der Waals surface area contributed by atoms with Gasteiger partial charge in [0.15, 0.2) is 0 Å². The molecule has 2 fully saturated rings. The number of aryl methyl sites for hydroxylation is 1. The van der Waals surface area contributed by atoms with Crippen molar-refractivity contribution in [3.8, 4) is 0 Å². The van der Waals surface area contributed by atoms with Crippen molar-refractivity contribution in [2.24, 2.45) is 0 Å². The third-order valence-electron chi connectivity index (χ3n) is 3.79. The molecule has 0 aromatic carbocycles. The Balaban J connectivity index is 1.55. The zero-order valence-electron chi connectivity index (χ0n) is 9.78. The average Bonchev–Trinajstić information content (AvgIpc) is 2.91. The Labute approximate surface area is 96.0 Å². The third-order valence-corrected chi connectivity index (χ3v) is 3.79. The van der Waals surface area contributed by atoms with Crippen LogP contribution in [-0.4, -0.2) is 35.1 Å². The number of rotatable bonds is 3. The highest BCUT2D eigenvalue weighted by molar-refractivity contribution is 4.97. The van der Waals surface area contributed by atoms with Gasteiger partial charge in [-0.25, -0.2) is 4.98 Å². The van der Waals surface area contributed by atoms with E-state index in [1.807, 2.05) is 6.92 Å². The fraction of sp³-hybridized carbons (Fsp3) is 0.750. The van der Waals surface area contributed by atoms with E-state index in [0.29, 0.717) is 6.04 Å². The Morgan fingerprint density at radius 3 is 3.25 bits per heavy atom. The standard InChI is InChI=1S/C12H19N3O/c1-9-7-14-12(16-9)8-13-10-4-6-15-5-2-3-11(10)15/h7,10-11,13H,2-6,8H2,1H3. The van der Waals surface area contributed by atoms with E-state index < -0.39 is 0 Å². The van der Waals surface area contributed by atoms with Crippen LogP contribution < -0.4 is 5.32 Å². The molecular formula is C12H19N3O. The predicted octanol–water partition coefficient (Wildman–Crippen LogP) is 1.31. The maximum absolute atomic E-state index is 5.47. The highest BCUT2D eigenvalue weighted by atomic mass is 16.4. The van der Waals surface area contributed by atoms with E-state index in [4.69, 9.17) is 4.42 Å². The lowest BCUT2D eigenvalue weighted by Gasteiger charge is -2.20. The summed E-state index contributed by atoms with van der Waals surface area (Å²) in [6, 6.07) is 1.39. The first-order valence-corrected chi connectivity index (χ1v) is 6.21. The molecule has 0 saturated carbocycles. The molecule has 3 heterocycles. The summed E-state index contributed by atoms with van der Waals surface area (Å²) in [5.41, 5.74) is 0. The third kappa shape index (κ3) is 1.87. The first kappa shape index (κ1) is 10.3. The molecule has 2 atom stereocenters. The van der Waals surface area contributed by atoms with Gasteiger partial charge in [-0.05, 0) is 32.7 Å². The van der Waals surface area contributed by atoms with Crippen molar-refractivity contribution in [1.82, 2.24) is 15.2 Å². The topological polar surface area (TPSA) is 41.3 Å². The zero-order valence-corrected chi connectivity index (χ0v) is 9.78. The minimum absolute atomic E-state index is 0.634. The Morgan fingerprint density at radius 2 is 2.44 bits per heavy atom. The normalized spacial score (nSPS) is 29.8. The summed E-state index contributed by atoms with van der Waals surface area (Å²) in [7, 11) is 0. The van der Waals surface area contributed by atoms with Crippen molar-refractivity contribution in [2.45, 2.75) is 44.8 Å². The van der Waals surface area contributed by atoms with E-state index in [1.165, 1.54) is 32.4 Å². The molecule has 16 heavy (non-hydrogen) atoms. The van der Waals surface area contributed by atoms with Gasteiger partial charge >= 0.3 is 0 Å². The summed E-state index contributed by atoms with van der Waals surface area (Å²) >= 11 is 0. The molecular weight excluding hydrogens is 202 g/mol. The van der Waals surface area contributed by atoms with Gasteiger partial charge in [0, 0.05) is 18.6 Å². The Morgan fingerprint density at radius 1 is 1.50 bits per heavy atom. The fourth-order valence-corrected chi connectivity index (χ4v) is 3.02. The summed E-state index contributed by atoms with van der Waals surface area (Å²) in [4.78, 5) is 6.83. The van der Waals surface area contributed by atoms with Crippen LogP contribution in [0.25, 0.3) is 0 Å². The second-order valence-corrected chi connectivity index (χ2v) is 4.89. The second kappa shape index (κ2) is 4.18. The molecule has 0 radical (unpaired) electrons. The van der Waals surface area contributed by atoms with Crippen LogP contribution in [0.15, 0.2) is 10.6 Å². The molecule has 3 rings (SSSR count). The van der Waals surface area contributed by atoms with Gasteiger partial charge in [-0.3, -0.25) is 4.90 Å². The van der Waals surface area contributed by atoms with Gasteiger partial charge in [-0.15, -0.1) is 0 Å². The van der Waals surface area contributed by atoms with Crippen molar-refractivity contribution in [2.75, 3.05) is 13.1 Å². The molecule has 1 N–H and O–H groups in total. The lowest BCUT2D eigenvalue weighted by atomic mass is 10.1. The molecule has 0 spiro atoms. The van der Waals surface area contributed by atoms with Crippen LogP contribution in [0.4, 0.5) is 0 Å². The number of oxazole rings is 1. The molecule has 0 bridgehead atoms. The average molecular weight is 221 g/mol. The molecule has 88 valence electrons. The van der Waals surface area contributed by atoms with Crippen molar-refractivity contribution in [3.63, 3.8) is 0 Å². The molecule has 4 nitrogen and oxygen atoms in total. The Hall–Kier alpha value is -0.870. The van der Waals surface area contributed by atoms with E-state index in [0.717, 1.165) is 24.2 Å². The number of nitrogens with zero attached hydrogens (tertiary/aromatic N) is 2. The highest BCUT2D eigenvalue weighted by Crippen LogP contribution is 2.27. The molecule has 2 aliphatic rings. The summed E-state index contributed by atoms with van der Waals surface area (Å²) in [6.45, 7) is 5.25. The van der Waals surface area contributed by atoms with Gasteiger partial charge in [0.2, 0.25) is 5.89 Å². The van der Waals surface area contributed by atoms with Gasteiger partial charge < -0.3 is 9.73 Å². The lowest BCUT2D eigenvalue weighted by molar-refractivity contribution is 0.294. The maximum Gasteiger partial charge on any atom is 0.208 e. The predicted molar refractivity (Wildman–Crippen MR) is 61.1 cm³/mol. The molecule has 4 heteroatoms. The largest absolute Gasteiger partial charge is 0.445 e. The lowest BCUT2D eigenvalue weighted by Crippen LogP contribution is -2.38. The molecule has 2 saturated heterocycles. The Kier molecular flexibility index (Phi) is 2.69. The van der Waals surface area contributed by atoms with Crippen molar-refractivity contribution < 1.29 is 4.42 Å². The Bertz CT molecular complexity index is 363. The summed E-state index contributed by atoms with van der Waals surface area (Å²) in [6.07, 6.45) is 5.77.